The fraction of sp³-hybridized carbons (Fsp3) is 0.273. The number of carbonyl (C=O) groups excluding carboxylic acids is 2. The van der Waals surface area contributed by atoms with E-state index in [1.165, 1.54) is 6.92 Å². The number of alkyl halides is 1. The van der Waals surface area contributed by atoms with Gasteiger partial charge in [0.1, 0.15) is 5.56 Å². The highest BCUT2D eigenvalue weighted by Crippen LogP contribution is 2.28. The van der Waals surface area contributed by atoms with Crippen LogP contribution < -0.4 is 0 Å². The van der Waals surface area contributed by atoms with Gasteiger partial charge in [-0.15, -0.1) is 0 Å². The first-order chi connectivity index (χ1) is 9.72. The molecule has 1 atom stereocenters. The minimum absolute atomic E-state index is 0.0509. The minimum Gasteiger partial charge on any atom is -0.463 e. The van der Waals surface area contributed by atoms with Crippen molar-refractivity contribution in [3.63, 3.8) is 0 Å². The number of nitrogens with zero attached hydrogens (tertiary/aromatic N) is 1. The van der Waals surface area contributed by atoms with Gasteiger partial charge in [0.15, 0.2) is 5.82 Å². The normalized spacial score (nSPS) is 11.9. The Hall–Kier alpha value is -2.52. The number of carbonyl (C=O) groups is 2. The van der Waals surface area contributed by atoms with E-state index in [4.69, 9.17) is 0 Å². The second-order valence-corrected chi connectivity index (χ2v) is 3.62. The molecule has 6 nitrogen and oxygen atoms in total. The van der Waals surface area contributed by atoms with E-state index >= 15 is 0 Å². The van der Waals surface area contributed by atoms with Gasteiger partial charge in [-0.2, -0.15) is 4.39 Å². The number of hydrogen-bond acceptors (Lipinski definition) is 5. The van der Waals surface area contributed by atoms with Crippen molar-refractivity contribution >= 4 is 17.4 Å². The highest BCUT2D eigenvalue weighted by atomic mass is 19.2. The van der Waals surface area contributed by atoms with Gasteiger partial charge < -0.3 is 4.74 Å². The first kappa shape index (κ1) is 16.5. The lowest BCUT2D eigenvalue weighted by Gasteiger charge is -2.08. The molecule has 0 N–H and O–H groups in total. The predicted molar refractivity (Wildman–Crippen MR) is 58.8 cm³/mol. The Kier molecular flexibility index (Phi) is 4.95. The fourth-order valence-corrected chi connectivity index (χ4v) is 1.41. The van der Waals surface area contributed by atoms with Crippen LogP contribution in [-0.4, -0.2) is 29.5 Å². The van der Waals surface area contributed by atoms with E-state index in [0.717, 1.165) is 0 Å². The van der Waals surface area contributed by atoms with Crippen molar-refractivity contribution in [3.05, 3.63) is 39.2 Å². The van der Waals surface area contributed by atoms with Crippen LogP contribution >= 0.6 is 0 Å². The van der Waals surface area contributed by atoms with Crippen LogP contribution in [0.1, 0.15) is 17.3 Å². The zero-order valence-electron chi connectivity index (χ0n) is 10.4. The lowest BCUT2D eigenvalue weighted by atomic mass is 10.0. The number of ether oxygens (including phenoxy) is 1. The van der Waals surface area contributed by atoms with Gasteiger partial charge in [-0.25, -0.2) is 18.0 Å². The molecule has 0 bridgehead atoms. The highest BCUT2D eigenvalue weighted by Gasteiger charge is 2.37. The molecule has 0 heterocycles. The van der Waals surface area contributed by atoms with Crippen LogP contribution in [0, 0.1) is 27.6 Å². The molecule has 0 aromatic heterocycles. The van der Waals surface area contributed by atoms with E-state index in [2.05, 4.69) is 4.74 Å². The molecule has 0 spiro atoms. The summed E-state index contributed by atoms with van der Waals surface area (Å²) in [4.78, 5) is 31.7. The summed E-state index contributed by atoms with van der Waals surface area (Å²) in [5.74, 6) is -9.97. The summed E-state index contributed by atoms with van der Waals surface area (Å²) < 4.78 is 56.9. The molecule has 114 valence electrons. The van der Waals surface area contributed by atoms with Crippen molar-refractivity contribution in [2.75, 3.05) is 6.61 Å². The Morgan fingerprint density at radius 3 is 2.38 bits per heavy atom. The smallest absolute Gasteiger partial charge is 0.349 e. The average Bonchev–Trinajstić information content (AvgIpc) is 2.42. The van der Waals surface area contributed by atoms with Gasteiger partial charge in [0, 0.05) is 0 Å². The van der Waals surface area contributed by atoms with Gasteiger partial charge >= 0.3 is 11.7 Å². The first-order valence-corrected chi connectivity index (χ1v) is 5.39. The summed E-state index contributed by atoms with van der Waals surface area (Å²) in [6, 6.07) is -0.0509. The van der Waals surface area contributed by atoms with Gasteiger partial charge in [-0.3, -0.25) is 14.9 Å². The lowest BCUT2D eigenvalue weighted by Crippen LogP contribution is -2.29. The molecule has 0 aliphatic rings. The van der Waals surface area contributed by atoms with Gasteiger partial charge in [0.25, 0.3) is 6.17 Å². The minimum atomic E-state index is -3.02. The van der Waals surface area contributed by atoms with E-state index in [1.807, 2.05) is 0 Å². The summed E-state index contributed by atoms with van der Waals surface area (Å²) in [6.45, 7) is 1.01. The van der Waals surface area contributed by atoms with E-state index < -0.39 is 51.6 Å². The molecule has 1 unspecified atom stereocenters. The number of ketones is 1. The van der Waals surface area contributed by atoms with Crippen LogP contribution in [0.5, 0.6) is 0 Å². The maximum Gasteiger partial charge on any atom is 0.349 e. The van der Waals surface area contributed by atoms with E-state index in [9.17, 15) is 37.3 Å². The standard InChI is InChI=1S/C11H7F4NO5/c1-2-21-11(18)8(15)10(17)4-3-5(12)6(13)7(14)9(4)16(19)20/h3,8H,2H2,1H3. The summed E-state index contributed by atoms with van der Waals surface area (Å²) in [7, 11) is 0. The van der Waals surface area contributed by atoms with Crippen LogP contribution in [0.4, 0.5) is 23.2 Å². The van der Waals surface area contributed by atoms with E-state index in [0.29, 0.717) is 0 Å². The average molecular weight is 309 g/mol. The monoisotopic (exact) mass is 309 g/mol. The largest absolute Gasteiger partial charge is 0.463 e. The van der Waals surface area contributed by atoms with Crippen LogP contribution in [0.2, 0.25) is 0 Å². The number of halogens is 4. The molecular weight excluding hydrogens is 302 g/mol. The van der Waals surface area contributed by atoms with Crippen LogP contribution in [0.25, 0.3) is 0 Å². The van der Waals surface area contributed by atoms with E-state index in [1.54, 1.807) is 0 Å². The van der Waals surface area contributed by atoms with Crippen molar-refractivity contribution in [1.82, 2.24) is 0 Å². The number of esters is 1. The molecule has 0 saturated carbocycles. The molecule has 0 aliphatic heterocycles. The van der Waals surface area contributed by atoms with Crippen LogP contribution in [0.15, 0.2) is 6.07 Å². The zero-order valence-corrected chi connectivity index (χ0v) is 10.4. The highest BCUT2D eigenvalue weighted by molar-refractivity contribution is 6.13. The third kappa shape index (κ3) is 3.15. The van der Waals surface area contributed by atoms with Crippen molar-refractivity contribution in [2.24, 2.45) is 0 Å². The number of Topliss-reactive ketones (excluding diaryl/α,β-unsaturated/α-hetero) is 1. The second kappa shape index (κ2) is 6.29. The quantitative estimate of drug-likeness (QED) is 0.158. The Labute approximate surface area is 114 Å². The molecule has 0 radical (unpaired) electrons. The fourth-order valence-electron chi connectivity index (χ4n) is 1.41. The van der Waals surface area contributed by atoms with Crippen LogP contribution in [0.3, 0.4) is 0 Å². The van der Waals surface area contributed by atoms with Gasteiger partial charge in [-0.05, 0) is 13.0 Å². The Balaban J connectivity index is 3.39. The summed E-state index contributed by atoms with van der Waals surface area (Å²) in [5, 5.41) is 10.6. The molecule has 0 amide bonds. The Morgan fingerprint density at radius 1 is 1.33 bits per heavy atom. The van der Waals surface area contributed by atoms with Gasteiger partial charge in [0.2, 0.25) is 17.4 Å². The summed E-state index contributed by atoms with van der Waals surface area (Å²) in [5.41, 5.74) is -3.16. The molecule has 0 fully saturated rings. The number of rotatable bonds is 5. The summed E-state index contributed by atoms with van der Waals surface area (Å²) in [6.07, 6.45) is -3.02. The van der Waals surface area contributed by atoms with Crippen LogP contribution in [-0.2, 0) is 9.53 Å². The number of nitro benzene ring substituents is 1. The molecule has 21 heavy (non-hydrogen) atoms. The third-order valence-electron chi connectivity index (χ3n) is 2.31. The summed E-state index contributed by atoms with van der Waals surface area (Å²) >= 11 is 0. The second-order valence-electron chi connectivity index (χ2n) is 3.62. The molecule has 0 aliphatic carbocycles. The number of benzene rings is 1. The molecular formula is C11H7F4NO5. The third-order valence-corrected chi connectivity index (χ3v) is 2.31. The van der Waals surface area contributed by atoms with Crippen molar-refractivity contribution in [2.45, 2.75) is 13.1 Å². The van der Waals surface area contributed by atoms with Crippen molar-refractivity contribution in [1.29, 1.82) is 0 Å². The topological polar surface area (TPSA) is 86.5 Å². The molecule has 1 rings (SSSR count). The van der Waals surface area contributed by atoms with Crippen molar-refractivity contribution in [3.8, 4) is 0 Å². The molecule has 0 saturated heterocycles. The maximum absolute atomic E-state index is 13.5. The van der Waals surface area contributed by atoms with Gasteiger partial charge in [-0.1, -0.05) is 0 Å². The van der Waals surface area contributed by atoms with E-state index in [-0.39, 0.29) is 12.7 Å². The number of nitro groups is 1. The molecule has 1 aromatic carbocycles. The molecule has 10 heteroatoms. The Bertz CT molecular complexity index is 619. The SMILES string of the molecule is CCOC(=O)C(F)C(=O)c1cc(F)c(F)c(F)c1[N+](=O)[O-]. The maximum atomic E-state index is 13.5. The van der Waals surface area contributed by atoms with Crippen molar-refractivity contribution < 1.29 is 36.8 Å². The lowest BCUT2D eigenvalue weighted by molar-refractivity contribution is -0.388. The van der Waals surface area contributed by atoms with Gasteiger partial charge in [0.05, 0.1) is 11.5 Å². The predicted octanol–water partition coefficient (Wildman–Crippen LogP) is 2.10. The number of hydrogen-bond donors (Lipinski definition) is 0. The molecule has 1 aromatic rings. The zero-order chi connectivity index (χ0) is 16.3. The Morgan fingerprint density at radius 2 is 1.90 bits per heavy atom. The first-order valence-electron chi connectivity index (χ1n) is 5.39.